The Hall–Kier alpha value is -1.32. The maximum absolute atomic E-state index is 11.9. The molecule has 0 aliphatic rings. The number of carbonyl (C=O) groups is 1. The van der Waals surface area contributed by atoms with Gasteiger partial charge in [0, 0.05) is 20.2 Å². The van der Waals surface area contributed by atoms with Gasteiger partial charge in [-0.2, -0.15) is 0 Å². The van der Waals surface area contributed by atoms with E-state index in [4.69, 9.17) is 0 Å². The van der Waals surface area contributed by atoms with Gasteiger partial charge in [0.1, 0.15) is 0 Å². The summed E-state index contributed by atoms with van der Waals surface area (Å²) in [6.07, 6.45) is 5.54. The Balaban J connectivity index is 2.09. The number of carbonyl (C=O) groups excluding carboxylic acids is 1. The fourth-order valence-corrected chi connectivity index (χ4v) is 2.74. The van der Waals surface area contributed by atoms with Crippen molar-refractivity contribution in [3.05, 3.63) is 57.8 Å². The molecule has 2 rings (SSSR count). The molecule has 1 heterocycles. The molecule has 0 aliphatic carbocycles. The van der Waals surface area contributed by atoms with Crippen LogP contribution < -0.4 is 0 Å². The fraction of sp³-hybridized carbons (Fsp3) is 0.133. The average Bonchev–Trinajstić information content (AvgIpc) is 2.82. The minimum absolute atomic E-state index is 0.0497. The van der Waals surface area contributed by atoms with Crippen LogP contribution in [0.25, 0.3) is 6.08 Å². The van der Waals surface area contributed by atoms with Crippen molar-refractivity contribution >= 4 is 35.0 Å². The molecule has 0 unspecified atom stereocenters. The highest BCUT2D eigenvalue weighted by Crippen LogP contribution is 2.18. The molecule has 0 bridgehead atoms. The van der Waals surface area contributed by atoms with Gasteiger partial charge in [-0.3, -0.25) is 4.79 Å². The van der Waals surface area contributed by atoms with Crippen LogP contribution >= 0.6 is 23.1 Å². The van der Waals surface area contributed by atoms with Crippen LogP contribution in [0.2, 0.25) is 0 Å². The summed E-state index contributed by atoms with van der Waals surface area (Å²) >= 11 is 3.36. The molecule has 2 aromatic rings. The Morgan fingerprint density at radius 3 is 2.44 bits per heavy atom. The summed E-state index contributed by atoms with van der Waals surface area (Å²) in [5.74, 6) is 0.0497. The number of aryl methyl sites for hydroxylation is 1. The van der Waals surface area contributed by atoms with Crippen LogP contribution in [0.1, 0.15) is 20.1 Å². The van der Waals surface area contributed by atoms with Crippen LogP contribution in [0.4, 0.5) is 0 Å². The smallest absolute Gasteiger partial charge is 0.185 e. The molecule has 1 nitrogen and oxygen atoms in total. The predicted octanol–water partition coefficient (Wildman–Crippen LogP) is 4.67. The Bertz CT molecular complexity index is 564. The molecule has 18 heavy (non-hydrogen) atoms. The van der Waals surface area contributed by atoms with Crippen molar-refractivity contribution < 1.29 is 4.79 Å². The Labute approximate surface area is 116 Å². The third kappa shape index (κ3) is 3.34. The van der Waals surface area contributed by atoms with Crippen molar-refractivity contribution in [2.24, 2.45) is 0 Å². The maximum Gasteiger partial charge on any atom is 0.185 e. The monoisotopic (exact) mass is 274 g/mol. The minimum Gasteiger partial charge on any atom is -0.289 e. The normalized spacial score (nSPS) is 11.0. The number of rotatable bonds is 4. The van der Waals surface area contributed by atoms with Crippen molar-refractivity contribution in [1.29, 1.82) is 0 Å². The largest absolute Gasteiger partial charge is 0.289 e. The zero-order chi connectivity index (χ0) is 13.0. The molecule has 0 fully saturated rings. The van der Waals surface area contributed by atoms with Crippen molar-refractivity contribution in [2.45, 2.75) is 11.8 Å². The second kappa shape index (κ2) is 6.03. The summed E-state index contributed by atoms with van der Waals surface area (Å²) < 4.78 is 0. The first-order valence-corrected chi connectivity index (χ1v) is 7.66. The lowest BCUT2D eigenvalue weighted by molar-refractivity contribution is 0.104. The number of hydrogen-bond acceptors (Lipinski definition) is 3. The number of benzene rings is 1. The zero-order valence-corrected chi connectivity index (χ0v) is 12.0. The third-order valence-electron chi connectivity index (χ3n) is 2.53. The molecule has 0 spiro atoms. The van der Waals surface area contributed by atoms with Crippen molar-refractivity contribution in [2.75, 3.05) is 6.26 Å². The van der Waals surface area contributed by atoms with Gasteiger partial charge >= 0.3 is 0 Å². The van der Waals surface area contributed by atoms with Gasteiger partial charge in [-0.15, -0.1) is 23.1 Å². The summed E-state index contributed by atoms with van der Waals surface area (Å²) in [5.41, 5.74) is 0.734. The summed E-state index contributed by atoms with van der Waals surface area (Å²) in [6, 6.07) is 11.8. The Morgan fingerprint density at radius 2 is 1.89 bits per heavy atom. The molecule has 0 radical (unpaired) electrons. The predicted molar refractivity (Wildman–Crippen MR) is 80.6 cm³/mol. The zero-order valence-electron chi connectivity index (χ0n) is 10.3. The van der Waals surface area contributed by atoms with Crippen molar-refractivity contribution in [1.82, 2.24) is 0 Å². The Morgan fingerprint density at radius 1 is 1.17 bits per heavy atom. The molecular weight excluding hydrogens is 260 g/mol. The maximum atomic E-state index is 11.9. The van der Waals surface area contributed by atoms with Crippen LogP contribution in [-0.2, 0) is 0 Å². The van der Waals surface area contributed by atoms with Gasteiger partial charge in [-0.1, -0.05) is 0 Å². The lowest BCUT2D eigenvalue weighted by Gasteiger charge is -1.98. The highest BCUT2D eigenvalue weighted by atomic mass is 32.2. The van der Waals surface area contributed by atoms with Crippen molar-refractivity contribution in [3.8, 4) is 0 Å². The average molecular weight is 274 g/mol. The summed E-state index contributed by atoms with van der Waals surface area (Å²) in [4.78, 5) is 15.5. The topological polar surface area (TPSA) is 17.1 Å². The first kappa shape index (κ1) is 13.1. The van der Waals surface area contributed by atoms with Gasteiger partial charge in [0.2, 0.25) is 0 Å². The van der Waals surface area contributed by atoms with Crippen LogP contribution in [-0.4, -0.2) is 12.0 Å². The molecule has 0 aliphatic heterocycles. The number of allylic oxidation sites excluding steroid dienone is 1. The third-order valence-corrected chi connectivity index (χ3v) is 4.24. The van der Waals surface area contributed by atoms with Crippen molar-refractivity contribution in [3.63, 3.8) is 0 Å². The molecule has 0 saturated carbocycles. The van der Waals surface area contributed by atoms with E-state index in [2.05, 4.69) is 13.0 Å². The van der Waals surface area contributed by atoms with E-state index >= 15 is 0 Å². The van der Waals surface area contributed by atoms with E-state index in [0.29, 0.717) is 0 Å². The number of ketones is 1. The fourth-order valence-electron chi connectivity index (χ4n) is 1.55. The first-order chi connectivity index (χ1) is 8.69. The lowest BCUT2D eigenvalue weighted by atomic mass is 10.1. The molecule has 0 N–H and O–H groups in total. The van der Waals surface area contributed by atoms with E-state index in [0.717, 1.165) is 10.4 Å². The van der Waals surface area contributed by atoms with E-state index in [1.165, 1.54) is 9.77 Å². The summed E-state index contributed by atoms with van der Waals surface area (Å²) in [6.45, 7) is 2.06. The second-order valence-electron chi connectivity index (χ2n) is 3.87. The molecule has 0 saturated heterocycles. The summed E-state index contributed by atoms with van der Waals surface area (Å²) in [7, 11) is 0. The highest BCUT2D eigenvalue weighted by Gasteiger charge is 2.01. The van der Waals surface area contributed by atoms with Gasteiger partial charge in [0.25, 0.3) is 0 Å². The quantitative estimate of drug-likeness (QED) is 0.457. The standard InChI is InChI=1S/C15H14OS2/c1-11-3-6-14(18-11)9-10-15(16)12-4-7-13(17-2)8-5-12/h3-10H,1-2H3/b10-9+. The molecule has 1 aromatic carbocycles. The molecular formula is C15H14OS2. The number of thioether (sulfide) groups is 1. The minimum atomic E-state index is 0.0497. The van der Waals surface area contributed by atoms with Gasteiger partial charge in [-0.25, -0.2) is 0 Å². The van der Waals surface area contributed by atoms with Gasteiger partial charge in [0.05, 0.1) is 0 Å². The van der Waals surface area contributed by atoms with Crippen LogP contribution in [0.15, 0.2) is 47.4 Å². The summed E-state index contributed by atoms with van der Waals surface area (Å²) in [5, 5.41) is 0. The molecule has 3 heteroatoms. The number of thiophene rings is 1. The second-order valence-corrected chi connectivity index (χ2v) is 6.07. The van der Waals surface area contributed by atoms with Crippen LogP contribution in [0, 0.1) is 6.92 Å². The SMILES string of the molecule is CSc1ccc(C(=O)/C=C/c2ccc(C)s2)cc1. The molecule has 0 atom stereocenters. The lowest BCUT2D eigenvalue weighted by Crippen LogP contribution is -1.93. The molecule has 0 amide bonds. The molecule has 1 aromatic heterocycles. The van der Waals surface area contributed by atoms with E-state index in [1.54, 1.807) is 29.2 Å². The Kier molecular flexibility index (Phi) is 4.39. The molecule has 92 valence electrons. The van der Waals surface area contributed by atoms with Gasteiger partial charge in [0.15, 0.2) is 5.78 Å². The van der Waals surface area contributed by atoms with Crippen LogP contribution in [0.3, 0.4) is 0 Å². The van der Waals surface area contributed by atoms with E-state index in [1.807, 2.05) is 42.7 Å². The number of hydrogen-bond donors (Lipinski definition) is 0. The highest BCUT2D eigenvalue weighted by molar-refractivity contribution is 7.98. The van der Waals surface area contributed by atoms with E-state index < -0.39 is 0 Å². The van der Waals surface area contributed by atoms with Gasteiger partial charge in [-0.05, 0) is 61.7 Å². The first-order valence-electron chi connectivity index (χ1n) is 5.62. The van der Waals surface area contributed by atoms with Gasteiger partial charge < -0.3 is 0 Å². The van der Waals surface area contributed by atoms with E-state index in [9.17, 15) is 4.79 Å². The van der Waals surface area contributed by atoms with E-state index in [-0.39, 0.29) is 5.78 Å². The van der Waals surface area contributed by atoms with Crippen LogP contribution in [0.5, 0.6) is 0 Å².